The van der Waals surface area contributed by atoms with Crippen LogP contribution in [0, 0.1) is 5.82 Å². The van der Waals surface area contributed by atoms with Crippen molar-refractivity contribution in [1.82, 2.24) is 4.90 Å². The van der Waals surface area contributed by atoms with Crippen molar-refractivity contribution in [3.63, 3.8) is 0 Å². The van der Waals surface area contributed by atoms with E-state index in [-0.39, 0.29) is 24.2 Å². The topological polar surface area (TPSA) is 61.9 Å². The lowest BCUT2D eigenvalue weighted by atomic mass is 10.1. The van der Waals surface area contributed by atoms with Crippen molar-refractivity contribution in [1.29, 1.82) is 0 Å². The molecule has 1 fully saturated rings. The number of nitrogens with zero attached hydrogens (tertiary/aromatic N) is 2. The Morgan fingerprint density at radius 1 is 1.00 bits per heavy atom. The summed E-state index contributed by atoms with van der Waals surface area (Å²) in [5.41, 5.74) is 2.51. The minimum absolute atomic E-state index is 0.151. The van der Waals surface area contributed by atoms with Crippen LogP contribution < -0.4 is 10.2 Å². The maximum absolute atomic E-state index is 12.9. The molecule has 0 spiro atoms. The third-order valence-corrected chi connectivity index (χ3v) is 4.60. The number of nitrogens with one attached hydrogen (secondary N) is 1. The molecule has 1 N–H and O–H groups in total. The first-order chi connectivity index (χ1) is 13.5. The molecule has 1 aliphatic rings. The molecule has 0 radical (unpaired) electrons. The average molecular weight is 385 g/mol. The zero-order valence-corrected chi connectivity index (χ0v) is 15.9. The summed E-state index contributed by atoms with van der Waals surface area (Å²) in [5.74, 6) is -0.467. The molecule has 0 unspecified atom stereocenters. The molecule has 148 valence electrons. The van der Waals surface area contributed by atoms with Crippen LogP contribution in [0.15, 0.2) is 48.5 Å². The molecular weight excluding hydrogens is 361 g/mol. The van der Waals surface area contributed by atoms with Crippen LogP contribution in [-0.2, 0) is 16.0 Å². The van der Waals surface area contributed by atoms with Crippen LogP contribution in [0.25, 0.3) is 0 Å². The van der Waals surface area contributed by atoms with Crippen LogP contribution in [-0.4, -0.2) is 49.7 Å². The van der Waals surface area contributed by atoms with Crippen LogP contribution >= 0.6 is 0 Å². The lowest BCUT2D eigenvalue weighted by molar-refractivity contribution is -0.115. The van der Waals surface area contributed by atoms with Gasteiger partial charge in [0.2, 0.25) is 5.91 Å². The molecule has 2 aromatic carbocycles. The molecule has 2 aromatic rings. The highest BCUT2D eigenvalue weighted by atomic mass is 19.1. The van der Waals surface area contributed by atoms with Gasteiger partial charge in [0.15, 0.2) is 0 Å². The predicted molar refractivity (Wildman–Crippen MR) is 106 cm³/mol. The second-order valence-corrected chi connectivity index (χ2v) is 6.57. The Hall–Kier alpha value is -3.09. The normalized spacial score (nSPS) is 13.9. The van der Waals surface area contributed by atoms with Crippen LogP contribution in [0.1, 0.15) is 12.5 Å². The van der Waals surface area contributed by atoms with Gasteiger partial charge in [0, 0.05) is 37.6 Å². The Balaban J connectivity index is 1.50. The molecule has 0 aliphatic carbocycles. The van der Waals surface area contributed by atoms with E-state index in [9.17, 15) is 14.0 Å². The number of amides is 2. The molecule has 1 heterocycles. The van der Waals surface area contributed by atoms with Gasteiger partial charge in [-0.05, 0) is 48.9 Å². The van der Waals surface area contributed by atoms with Gasteiger partial charge in [0.05, 0.1) is 13.0 Å². The fourth-order valence-corrected chi connectivity index (χ4v) is 3.11. The summed E-state index contributed by atoms with van der Waals surface area (Å²) in [6.07, 6.45) is -0.0703. The third kappa shape index (κ3) is 5.22. The summed E-state index contributed by atoms with van der Waals surface area (Å²) in [6.45, 7) is 4.88. The fourth-order valence-electron chi connectivity index (χ4n) is 3.11. The van der Waals surface area contributed by atoms with Gasteiger partial charge in [-0.2, -0.15) is 0 Å². The van der Waals surface area contributed by atoms with Gasteiger partial charge < -0.3 is 19.9 Å². The maximum Gasteiger partial charge on any atom is 0.409 e. The number of benzene rings is 2. The Morgan fingerprint density at radius 2 is 1.64 bits per heavy atom. The first-order valence-corrected chi connectivity index (χ1v) is 9.36. The summed E-state index contributed by atoms with van der Waals surface area (Å²) in [6, 6.07) is 13.5. The Bertz CT molecular complexity index is 801. The average Bonchev–Trinajstić information content (AvgIpc) is 2.71. The SMILES string of the molecule is CCOC(=O)N1CCN(c2ccc(NC(=O)Cc3ccc(F)cc3)cc2)CC1. The molecule has 0 aromatic heterocycles. The zero-order chi connectivity index (χ0) is 19.9. The molecule has 0 bridgehead atoms. The van der Waals surface area contributed by atoms with Crippen molar-refractivity contribution >= 4 is 23.4 Å². The Morgan fingerprint density at radius 3 is 2.25 bits per heavy atom. The summed E-state index contributed by atoms with van der Waals surface area (Å²) in [7, 11) is 0. The number of anilines is 2. The molecule has 0 saturated carbocycles. The number of hydrogen-bond acceptors (Lipinski definition) is 4. The lowest BCUT2D eigenvalue weighted by Crippen LogP contribution is -2.49. The fraction of sp³-hybridized carbons (Fsp3) is 0.333. The van der Waals surface area contributed by atoms with Crippen molar-refractivity contribution < 1.29 is 18.7 Å². The van der Waals surface area contributed by atoms with Gasteiger partial charge in [-0.1, -0.05) is 12.1 Å². The van der Waals surface area contributed by atoms with E-state index in [0.717, 1.165) is 24.3 Å². The van der Waals surface area contributed by atoms with Gasteiger partial charge in [-0.25, -0.2) is 9.18 Å². The Labute approximate surface area is 163 Å². The number of ether oxygens (including phenoxy) is 1. The quantitative estimate of drug-likeness (QED) is 0.858. The predicted octanol–water partition coefficient (Wildman–Crippen LogP) is 3.29. The summed E-state index contributed by atoms with van der Waals surface area (Å²) >= 11 is 0. The van der Waals surface area contributed by atoms with Gasteiger partial charge in [-0.15, -0.1) is 0 Å². The van der Waals surface area contributed by atoms with E-state index in [0.29, 0.717) is 25.4 Å². The van der Waals surface area contributed by atoms with E-state index in [2.05, 4.69) is 10.2 Å². The zero-order valence-electron chi connectivity index (χ0n) is 15.9. The third-order valence-electron chi connectivity index (χ3n) is 4.60. The van der Waals surface area contributed by atoms with Gasteiger partial charge >= 0.3 is 6.09 Å². The molecule has 0 atom stereocenters. The molecule has 7 heteroatoms. The van der Waals surface area contributed by atoms with Crippen molar-refractivity contribution in [2.24, 2.45) is 0 Å². The van der Waals surface area contributed by atoms with E-state index < -0.39 is 0 Å². The minimum Gasteiger partial charge on any atom is -0.450 e. The smallest absolute Gasteiger partial charge is 0.409 e. The molecule has 1 saturated heterocycles. The number of carbonyl (C=O) groups is 2. The summed E-state index contributed by atoms with van der Waals surface area (Å²) in [5, 5.41) is 2.85. The number of rotatable bonds is 5. The first kappa shape index (κ1) is 19.7. The van der Waals surface area contributed by atoms with Crippen LogP contribution in [0.4, 0.5) is 20.6 Å². The highest BCUT2D eigenvalue weighted by molar-refractivity contribution is 5.92. The lowest BCUT2D eigenvalue weighted by Gasteiger charge is -2.35. The van der Waals surface area contributed by atoms with Crippen LogP contribution in [0.5, 0.6) is 0 Å². The van der Waals surface area contributed by atoms with E-state index in [1.165, 1.54) is 12.1 Å². The van der Waals surface area contributed by atoms with E-state index >= 15 is 0 Å². The standard InChI is InChI=1S/C21H24FN3O3/c1-2-28-21(27)25-13-11-24(12-14-25)19-9-7-18(8-10-19)23-20(26)15-16-3-5-17(22)6-4-16/h3-10H,2,11-15H2,1H3,(H,23,26). The molecule has 1 aliphatic heterocycles. The van der Waals surface area contributed by atoms with Crippen molar-refractivity contribution in [2.45, 2.75) is 13.3 Å². The monoisotopic (exact) mass is 385 g/mol. The second-order valence-electron chi connectivity index (χ2n) is 6.57. The maximum atomic E-state index is 12.9. The molecule has 6 nitrogen and oxygen atoms in total. The molecule has 28 heavy (non-hydrogen) atoms. The Kier molecular flexibility index (Phi) is 6.47. The number of carbonyl (C=O) groups excluding carboxylic acids is 2. The van der Waals surface area contributed by atoms with Gasteiger partial charge in [-0.3, -0.25) is 4.79 Å². The van der Waals surface area contributed by atoms with Crippen LogP contribution in [0.3, 0.4) is 0 Å². The molecular formula is C21H24FN3O3. The second kappa shape index (κ2) is 9.21. The highest BCUT2D eigenvalue weighted by Crippen LogP contribution is 2.20. The number of hydrogen-bond donors (Lipinski definition) is 1. The molecule has 3 rings (SSSR count). The largest absolute Gasteiger partial charge is 0.450 e. The number of halogens is 1. The summed E-state index contributed by atoms with van der Waals surface area (Å²) < 4.78 is 18.0. The summed E-state index contributed by atoms with van der Waals surface area (Å²) in [4.78, 5) is 27.8. The van der Waals surface area contributed by atoms with E-state index in [1.54, 1.807) is 24.0 Å². The molecule has 2 amide bonds. The van der Waals surface area contributed by atoms with E-state index in [4.69, 9.17) is 4.74 Å². The van der Waals surface area contributed by atoms with Gasteiger partial charge in [0.1, 0.15) is 5.82 Å². The van der Waals surface area contributed by atoms with Crippen molar-refractivity contribution in [3.8, 4) is 0 Å². The van der Waals surface area contributed by atoms with E-state index in [1.807, 2.05) is 24.3 Å². The minimum atomic E-state index is -0.317. The van der Waals surface area contributed by atoms with Gasteiger partial charge in [0.25, 0.3) is 0 Å². The highest BCUT2D eigenvalue weighted by Gasteiger charge is 2.22. The van der Waals surface area contributed by atoms with Crippen molar-refractivity contribution in [3.05, 3.63) is 59.9 Å². The first-order valence-electron chi connectivity index (χ1n) is 9.36. The van der Waals surface area contributed by atoms with Crippen LogP contribution in [0.2, 0.25) is 0 Å². The van der Waals surface area contributed by atoms with Crippen molar-refractivity contribution in [2.75, 3.05) is 43.0 Å². The number of piperazine rings is 1.